The quantitative estimate of drug-likeness (QED) is 0.655. The number of amides is 2. The third-order valence-corrected chi connectivity index (χ3v) is 6.05. The van der Waals surface area contributed by atoms with Gasteiger partial charge in [0.1, 0.15) is 0 Å². The van der Waals surface area contributed by atoms with Crippen LogP contribution in [0.2, 0.25) is 0 Å². The van der Waals surface area contributed by atoms with Crippen molar-refractivity contribution >= 4 is 45.7 Å². The van der Waals surface area contributed by atoms with Gasteiger partial charge in [-0.25, -0.2) is 0 Å². The van der Waals surface area contributed by atoms with Gasteiger partial charge in [-0.1, -0.05) is 41.3 Å². The average molecular weight is 360 g/mol. The van der Waals surface area contributed by atoms with Crippen molar-refractivity contribution in [2.24, 2.45) is 5.92 Å². The summed E-state index contributed by atoms with van der Waals surface area (Å²) < 4.78 is 0.696. The van der Waals surface area contributed by atoms with E-state index >= 15 is 0 Å². The zero-order valence-corrected chi connectivity index (χ0v) is 14.5. The predicted octanol–water partition coefficient (Wildman–Crippen LogP) is 2.57. The van der Waals surface area contributed by atoms with Crippen LogP contribution in [-0.4, -0.2) is 34.3 Å². The molecular formula is C16H16N4O2S2. The van der Waals surface area contributed by atoms with Crippen LogP contribution in [0.5, 0.6) is 0 Å². The van der Waals surface area contributed by atoms with E-state index in [9.17, 15) is 9.59 Å². The van der Waals surface area contributed by atoms with Gasteiger partial charge >= 0.3 is 0 Å². The molecule has 2 aromatic rings. The summed E-state index contributed by atoms with van der Waals surface area (Å²) in [5.41, 5.74) is 2.23. The normalized spacial score (nSPS) is 16.1. The molecule has 1 fully saturated rings. The number of carbonyl (C=O) groups excluding carboxylic acids is 2. The molecule has 1 aliphatic heterocycles. The van der Waals surface area contributed by atoms with E-state index in [4.69, 9.17) is 0 Å². The Bertz CT molecular complexity index is 788. The molecule has 0 unspecified atom stereocenters. The summed E-state index contributed by atoms with van der Waals surface area (Å²) in [6, 6.07) is 8.01. The lowest BCUT2D eigenvalue weighted by molar-refractivity contribution is -0.117. The molecule has 0 spiro atoms. The first-order valence-electron chi connectivity index (χ1n) is 7.86. The first-order chi connectivity index (χ1) is 11.7. The van der Waals surface area contributed by atoms with Crippen molar-refractivity contribution in [2.75, 3.05) is 22.5 Å². The standard InChI is InChI=1S/C16H16N4O2S2/c21-13(20-8-7-10-3-1-2-4-12(10)20)9-23-16-19-18-15(24-16)17-14(22)11-5-6-11/h1-4,11H,5-9H2,(H,17,18,22). The summed E-state index contributed by atoms with van der Waals surface area (Å²) in [6.45, 7) is 0.734. The molecule has 0 atom stereocenters. The number of para-hydroxylation sites is 1. The maximum Gasteiger partial charge on any atom is 0.237 e. The fraction of sp³-hybridized carbons (Fsp3) is 0.375. The number of thioether (sulfide) groups is 1. The van der Waals surface area contributed by atoms with Crippen molar-refractivity contribution in [1.29, 1.82) is 0 Å². The first kappa shape index (κ1) is 15.6. The molecule has 6 nitrogen and oxygen atoms in total. The summed E-state index contributed by atoms with van der Waals surface area (Å²) in [6.07, 6.45) is 2.82. The number of aromatic nitrogens is 2. The fourth-order valence-corrected chi connectivity index (χ4v) is 4.30. The van der Waals surface area contributed by atoms with E-state index in [1.165, 1.54) is 28.7 Å². The van der Waals surface area contributed by atoms with Crippen LogP contribution < -0.4 is 10.2 Å². The van der Waals surface area contributed by atoms with Crippen molar-refractivity contribution in [3.63, 3.8) is 0 Å². The molecule has 1 aromatic heterocycles. The first-order valence-corrected chi connectivity index (χ1v) is 9.66. The Hall–Kier alpha value is -1.93. The fourth-order valence-electron chi connectivity index (χ4n) is 2.67. The van der Waals surface area contributed by atoms with Crippen molar-refractivity contribution < 1.29 is 9.59 Å². The average Bonchev–Trinajstić information content (AvgIpc) is 3.21. The van der Waals surface area contributed by atoms with Gasteiger partial charge in [0.15, 0.2) is 4.34 Å². The Balaban J connectivity index is 1.33. The van der Waals surface area contributed by atoms with Gasteiger partial charge in [0.2, 0.25) is 16.9 Å². The second kappa shape index (κ2) is 6.52. The van der Waals surface area contributed by atoms with Gasteiger partial charge in [0.05, 0.1) is 5.75 Å². The molecule has 124 valence electrons. The number of fused-ring (bicyclic) bond motifs is 1. The summed E-state index contributed by atoms with van der Waals surface area (Å²) >= 11 is 2.68. The van der Waals surface area contributed by atoms with E-state index in [2.05, 4.69) is 21.6 Å². The molecule has 2 amide bonds. The van der Waals surface area contributed by atoms with Crippen LogP contribution in [0.3, 0.4) is 0 Å². The number of hydrogen-bond acceptors (Lipinski definition) is 6. The van der Waals surface area contributed by atoms with Gasteiger partial charge in [0, 0.05) is 18.2 Å². The number of nitrogens with one attached hydrogen (secondary N) is 1. The van der Waals surface area contributed by atoms with Crippen molar-refractivity contribution in [3.05, 3.63) is 29.8 Å². The van der Waals surface area contributed by atoms with Crippen LogP contribution in [0.1, 0.15) is 18.4 Å². The van der Waals surface area contributed by atoms with Gasteiger partial charge in [-0.2, -0.15) is 0 Å². The summed E-state index contributed by atoms with van der Waals surface area (Å²) in [5, 5.41) is 11.3. The second-order valence-corrected chi connectivity index (χ2v) is 8.05. The highest BCUT2D eigenvalue weighted by Gasteiger charge is 2.30. The lowest BCUT2D eigenvalue weighted by Gasteiger charge is -2.16. The van der Waals surface area contributed by atoms with Crippen LogP contribution in [0.15, 0.2) is 28.6 Å². The third-order valence-electron chi connectivity index (χ3n) is 4.09. The van der Waals surface area contributed by atoms with Crippen molar-refractivity contribution in [1.82, 2.24) is 10.2 Å². The molecule has 1 N–H and O–H groups in total. The van der Waals surface area contributed by atoms with Gasteiger partial charge < -0.3 is 10.2 Å². The van der Waals surface area contributed by atoms with Crippen LogP contribution in [0.4, 0.5) is 10.8 Å². The Labute approximate surface area is 147 Å². The molecule has 2 heterocycles. The zero-order valence-electron chi connectivity index (χ0n) is 12.9. The molecule has 1 aliphatic carbocycles. The van der Waals surface area contributed by atoms with Crippen LogP contribution in [-0.2, 0) is 16.0 Å². The number of nitrogens with zero attached hydrogens (tertiary/aromatic N) is 3. The predicted molar refractivity (Wildman–Crippen MR) is 94.5 cm³/mol. The molecule has 2 aliphatic rings. The lowest BCUT2D eigenvalue weighted by Crippen LogP contribution is -2.30. The highest BCUT2D eigenvalue weighted by Crippen LogP contribution is 2.32. The van der Waals surface area contributed by atoms with Gasteiger partial charge in [-0.3, -0.25) is 9.59 Å². The lowest BCUT2D eigenvalue weighted by atomic mass is 10.2. The van der Waals surface area contributed by atoms with E-state index in [1.54, 1.807) is 0 Å². The highest BCUT2D eigenvalue weighted by atomic mass is 32.2. The summed E-state index contributed by atoms with van der Waals surface area (Å²) in [5.74, 6) is 0.553. The third kappa shape index (κ3) is 3.29. The molecule has 0 radical (unpaired) electrons. The van der Waals surface area contributed by atoms with Crippen molar-refractivity contribution in [3.8, 4) is 0 Å². The second-order valence-electron chi connectivity index (χ2n) is 5.85. The number of anilines is 2. The maximum atomic E-state index is 12.5. The minimum atomic E-state index is 0.0208. The minimum absolute atomic E-state index is 0.0208. The Morgan fingerprint density at radius 2 is 2.12 bits per heavy atom. The highest BCUT2D eigenvalue weighted by molar-refractivity contribution is 8.01. The molecule has 24 heavy (non-hydrogen) atoms. The topological polar surface area (TPSA) is 75.2 Å². The molecule has 1 saturated carbocycles. The van der Waals surface area contributed by atoms with Crippen LogP contribution >= 0.6 is 23.1 Å². The number of carbonyl (C=O) groups is 2. The van der Waals surface area contributed by atoms with Gasteiger partial charge in [-0.05, 0) is 30.9 Å². The number of hydrogen-bond donors (Lipinski definition) is 1. The molecule has 8 heteroatoms. The molecule has 0 bridgehead atoms. The van der Waals surface area contributed by atoms with E-state index in [0.29, 0.717) is 15.2 Å². The van der Waals surface area contributed by atoms with E-state index in [0.717, 1.165) is 31.5 Å². The molecule has 0 saturated heterocycles. The van der Waals surface area contributed by atoms with Crippen LogP contribution in [0, 0.1) is 5.92 Å². The van der Waals surface area contributed by atoms with Gasteiger partial charge in [-0.15, -0.1) is 10.2 Å². The maximum absolute atomic E-state index is 12.5. The monoisotopic (exact) mass is 360 g/mol. The Morgan fingerprint density at radius 3 is 2.96 bits per heavy atom. The molecule has 1 aromatic carbocycles. The minimum Gasteiger partial charge on any atom is -0.311 e. The van der Waals surface area contributed by atoms with Crippen LogP contribution in [0.25, 0.3) is 0 Å². The Kier molecular flexibility index (Phi) is 4.24. The largest absolute Gasteiger partial charge is 0.311 e. The summed E-state index contributed by atoms with van der Waals surface area (Å²) in [4.78, 5) is 26.0. The number of benzene rings is 1. The molecular weight excluding hydrogens is 344 g/mol. The zero-order chi connectivity index (χ0) is 16.5. The summed E-state index contributed by atoms with van der Waals surface area (Å²) in [7, 11) is 0. The van der Waals surface area contributed by atoms with Crippen molar-refractivity contribution in [2.45, 2.75) is 23.6 Å². The molecule has 4 rings (SSSR count). The van der Waals surface area contributed by atoms with E-state index in [1.807, 2.05) is 23.1 Å². The van der Waals surface area contributed by atoms with E-state index < -0.39 is 0 Å². The Morgan fingerprint density at radius 1 is 1.29 bits per heavy atom. The number of rotatable bonds is 5. The van der Waals surface area contributed by atoms with Gasteiger partial charge in [0.25, 0.3) is 0 Å². The van der Waals surface area contributed by atoms with E-state index in [-0.39, 0.29) is 17.7 Å². The smallest absolute Gasteiger partial charge is 0.237 e. The SMILES string of the molecule is O=C(Nc1nnc(SCC(=O)N2CCc3ccccc32)s1)C1CC1.